The standard InChI is InChI=1S/C11H11ClFN3/c1-7-5-8(2)16(15-7)11-10(13)9(6-12)3-4-14-11/h3-5H,6H2,1-2H3. The average Bonchev–Trinajstić information content (AvgIpc) is 2.58. The molecule has 0 unspecified atom stereocenters. The van der Waals surface area contributed by atoms with Gasteiger partial charge in [-0.2, -0.15) is 5.10 Å². The zero-order chi connectivity index (χ0) is 11.7. The Labute approximate surface area is 97.9 Å². The first-order valence-corrected chi connectivity index (χ1v) is 5.40. The van der Waals surface area contributed by atoms with Crippen LogP contribution in [-0.2, 0) is 5.88 Å². The van der Waals surface area contributed by atoms with Crippen LogP contribution in [0.15, 0.2) is 18.3 Å². The SMILES string of the molecule is Cc1cc(C)n(-c2nccc(CCl)c2F)n1. The number of rotatable bonds is 2. The number of aryl methyl sites for hydroxylation is 2. The highest BCUT2D eigenvalue weighted by atomic mass is 35.5. The van der Waals surface area contributed by atoms with Crippen LogP contribution in [0.4, 0.5) is 4.39 Å². The highest BCUT2D eigenvalue weighted by Crippen LogP contribution is 2.17. The third kappa shape index (κ3) is 1.80. The summed E-state index contributed by atoms with van der Waals surface area (Å²) in [4.78, 5) is 4.00. The lowest BCUT2D eigenvalue weighted by Crippen LogP contribution is -2.06. The summed E-state index contributed by atoms with van der Waals surface area (Å²) < 4.78 is 15.4. The first-order valence-electron chi connectivity index (χ1n) is 4.86. The van der Waals surface area contributed by atoms with Crippen molar-refractivity contribution in [3.05, 3.63) is 41.1 Å². The van der Waals surface area contributed by atoms with Crippen LogP contribution in [0.3, 0.4) is 0 Å². The summed E-state index contributed by atoms with van der Waals surface area (Å²) in [5, 5.41) is 4.19. The molecule has 2 rings (SSSR count). The first kappa shape index (κ1) is 11.1. The van der Waals surface area contributed by atoms with Gasteiger partial charge in [0, 0.05) is 17.5 Å². The molecule has 0 saturated carbocycles. The molecule has 0 fully saturated rings. The summed E-state index contributed by atoms with van der Waals surface area (Å²) in [5.41, 5.74) is 2.10. The highest BCUT2D eigenvalue weighted by molar-refractivity contribution is 6.17. The fourth-order valence-corrected chi connectivity index (χ4v) is 1.77. The predicted octanol–water partition coefficient (Wildman–Crippen LogP) is 2.76. The third-order valence-corrected chi connectivity index (χ3v) is 2.59. The molecule has 3 nitrogen and oxygen atoms in total. The van der Waals surface area contributed by atoms with E-state index in [1.54, 1.807) is 6.07 Å². The van der Waals surface area contributed by atoms with Crippen LogP contribution in [0.25, 0.3) is 5.82 Å². The fourth-order valence-electron chi connectivity index (χ4n) is 1.57. The number of hydrogen-bond acceptors (Lipinski definition) is 2. The van der Waals surface area contributed by atoms with Crippen LogP contribution in [-0.4, -0.2) is 14.8 Å². The van der Waals surface area contributed by atoms with E-state index in [2.05, 4.69) is 10.1 Å². The van der Waals surface area contributed by atoms with Crippen molar-refractivity contribution in [2.75, 3.05) is 0 Å². The minimum Gasteiger partial charge on any atom is -0.235 e. The quantitative estimate of drug-likeness (QED) is 0.755. The van der Waals surface area contributed by atoms with Gasteiger partial charge in [-0.3, -0.25) is 0 Å². The lowest BCUT2D eigenvalue weighted by atomic mass is 10.3. The number of aromatic nitrogens is 3. The van der Waals surface area contributed by atoms with E-state index in [1.807, 2.05) is 19.9 Å². The van der Waals surface area contributed by atoms with E-state index in [0.29, 0.717) is 5.56 Å². The largest absolute Gasteiger partial charge is 0.235 e. The van der Waals surface area contributed by atoms with Crippen molar-refractivity contribution < 1.29 is 4.39 Å². The van der Waals surface area contributed by atoms with Gasteiger partial charge in [-0.05, 0) is 26.0 Å². The van der Waals surface area contributed by atoms with E-state index in [9.17, 15) is 4.39 Å². The van der Waals surface area contributed by atoms with Crippen LogP contribution in [0.1, 0.15) is 17.0 Å². The van der Waals surface area contributed by atoms with Crippen LogP contribution < -0.4 is 0 Å². The molecule has 0 spiro atoms. The molecule has 2 aromatic rings. The van der Waals surface area contributed by atoms with Gasteiger partial charge >= 0.3 is 0 Å². The number of nitrogens with zero attached hydrogens (tertiary/aromatic N) is 3. The Kier molecular flexibility index (Phi) is 2.92. The Morgan fingerprint density at radius 2 is 2.19 bits per heavy atom. The first-order chi connectivity index (χ1) is 7.63. The van der Waals surface area contributed by atoms with Gasteiger partial charge in [0.2, 0.25) is 0 Å². The highest BCUT2D eigenvalue weighted by Gasteiger charge is 2.13. The smallest absolute Gasteiger partial charge is 0.190 e. The summed E-state index contributed by atoms with van der Waals surface area (Å²) in [5.74, 6) is -0.0897. The maximum Gasteiger partial charge on any atom is 0.190 e. The molecule has 2 aromatic heterocycles. The predicted molar refractivity (Wildman–Crippen MR) is 60.3 cm³/mol. The van der Waals surface area contributed by atoms with Crippen LogP contribution in [0.5, 0.6) is 0 Å². The van der Waals surface area contributed by atoms with E-state index in [4.69, 9.17) is 11.6 Å². The van der Waals surface area contributed by atoms with E-state index in [-0.39, 0.29) is 11.7 Å². The van der Waals surface area contributed by atoms with Gasteiger partial charge in [-0.15, -0.1) is 11.6 Å². The van der Waals surface area contributed by atoms with E-state index in [0.717, 1.165) is 11.4 Å². The van der Waals surface area contributed by atoms with Crippen molar-refractivity contribution in [2.24, 2.45) is 0 Å². The van der Waals surface area contributed by atoms with Crippen molar-refractivity contribution in [1.29, 1.82) is 0 Å². The Morgan fingerprint density at radius 1 is 1.44 bits per heavy atom. The van der Waals surface area contributed by atoms with Crippen molar-refractivity contribution in [3.63, 3.8) is 0 Å². The van der Waals surface area contributed by atoms with Crippen molar-refractivity contribution >= 4 is 11.6 Å². The zero-order valence-electron chi connectivity index (χ0n) is 9.04. The molecule has 0 aliphatic rings. The molecular weight excluding hydrogens is 229 g/mol. The fraction of sp³-hybridized carbons (Fsp3) is 0.273. The van der Waals surface area contributed by atoms with Gasteiger partial charge in [-0.1, -0.05) is 0 Å². The molecule has 0 saturated heterocycles. The van der Waals surface area contributed by atoms with Crippen LogP contribution in [0.2, 0.25) is 0 Å². The molecule has 0 N–H and O–H groups in total. The Bertz CT molecular complexity index is 522. The molecular formula is C11H11ClFN3. The van der Waals surface area contributed by atoms with Crippen LogP contribution >= 0.6 is 11.6 Å². The molecule has 0 amide bonds. The normalized spacial score (nSPS) is 10.8. The minimum absolute atomic E-state index is 0.126. The summed E-state index contributed by atoms with van der Waals surface area (Å²) in [6, 6.07) is 3.44. The van der Waals surface area contributed by atoms with Crippen molar-refractivity contribution in [3.8, 4) is 5.82 Å². The number of halogens is 2. The molecule has 0 radical (unpaired) electrons. The van der Waals surface area contributed by atoms with Crippen molar-refractivity contribution in [1.82, 2.24) is 14.8 Å². The number of pyridine rings is 1. The summed E-state index contributed by atoms with van der Waals surface area (Å²) >= 11 is 5.64. The second kappa shape index (κ2) is 4.22. The Balaban J connectivity index is 2.60. The molecule has 84 valence electrons. The lowest BCUT2D eigenvalue weighted by molar-refractivity contribution is 0.587. The number of hydrogen-bond donors (Lipinski definition) is 0. The topological polar surface area (TPSA) is 30.7 Å². The van der Waals surface area contributed by atoms with Gasteiger partial charge in [0.1, 0.15) is 0 Å². The van der Waals surface area contributed by atoms with Gasteiger partial charge in [0.05, 0.1) is 11.6 Å². The average molecular weight is 240 g/mol. The van der Waals surface area contributed by atoms with Gasteiger partial charge in [0.25, 0.3) is 0 Å². The van der Waals surface area contributed by atoms with Crippen molar-refractivity contribution in [2.45, 2.75) is 19.7 Å². The van der Waals surface area contributed by atoms with E-state index >= 15 is 0 Å². The molecule has 2 heterocycles. The van der Waals surface area contributed by atoms with E-state index in [1.165, 1.54) is 10.9 Å². The Hall–Kier alpha value is -1.42. The summed E-state index contributed by atoms with van der Waals surface area (Å²) in [6.45, 7) is 3.71. The Morgan fingerprint density at radius 3 is 2.75 bits per heavy atom. The van der Waals surface area contributed by atoms with E-state index < -0.39 is 5.82 Å². The number of alkyl halides is 1. The molecule has 0 atom stereocenters. The molecule has 5 heteroatoms. The maximum atomic E-state index is 13.9. The third-order valence-electron chi connectivity index (χ3n) is 2.30. The minimum atomic E-state index is -0.413. The molecule has 0 bridgehead atoms. The zero-order valence-corrected chi connectivity index (χ0v) is 9.79. The lowest BCUT2D eigenvalue weighted by Gasteiger charge is -2.06. The molecule has 0 aliphatic heterocycles. The van der Waals surface area contributed by atoms with Crippen LogP contribution in [0, 0.1) is 19.7 Å². The molecule has 0 aromatic carbocycles. The van der Waals surface area contributed by atoms with Gasteiger partial charge in [-0.25, -0.2) is 14.1 Å². The van der Waals surface area contributed by atoms with Gasteiger partial charge < -0.3 is 0 Å². The molecule has 16 heavy (non-hydrogen) atoms. The second-order valence-corrected chi connectivity index (χ2v) is 3.85. The summed E-state index contributed by atoms with van der Waals surface area (Å²) in [6.07, 6.45) is 1.53. The van der Waals surface area contributed by atoms with Gasteiger partial charge in [0.15, 0.2) is 11.6 Å². The second-order valence-electron chi connectivity index (χ2n) is 3.58. The maximum absolute atomic E-state index is 13.9. The molecule has 0 aliphatic carbocycles. The summed E-state index contributed by atoms with van der Waals surface area (Å²) in [7, 11) is 0. The monoisotopic (exact) mass is 239 g/mol.